The Balaban J connectivity index is 2.39. The quantitative estimate of drug-likeness (QED) is 0.925. The van der Waals surface area contributed by atoms with E-state index in [-0.39, 0.29) is 26.5 Å². The van der Waals surface area contributed by atoms with Gasteiger partial charge < -0.3 is 4.52 Å². The molecular weight excluding hydrogens is 339 g/mol. The highest BCUT2D eigenvalue weighted by Crippen LogP contribution is 2.24. The Morgan fingerprint density at radius 1 is 1.37 bits per heavy atom. The number of nitrogens with zero attached hydrogens (tertiary/aromatic N) is 1. The van der Waals surface area contributed by atoms with Crippen LogP contribution >= 0.6 is 15.9 Å². The highest BCUT2D eigenvalue weighted by atomic mass is 79.9. The summed E-state index contributed by atoms with van der Waals surface area (Å²) in [5, 5.41) is 3.58. The fraction of sp³-hybridized carbons (Fsp3) is 0.182. The van der Waals surface area contributed by atoms with E-state index in [4.69, 9.17) is 4.52 Å². The van der Waals surface area contributed by atoms with Gasteiger partial charge in [0.1, 0.15) is 11.5 Å². The van der Waals surface area contributed by atoms with Crippen LogP contribution in [0, 0.1) is 19.7 Å². The van der Waals surface area contributed by atoms with Crippen LogP contribution in [-0.4, -0.2) is 13.6 Å². The molecule has 0 aliphatic rings. The normalized spacial score (nSPS) is 11.6. The molecule has 1 N–H and O–H groups in total. The number of anilines is 1. The third-order valence-corrected chi connectivity index (χ3v) is 4.68. The minimum absolute atomic E-state index is 0.0316. The second-order valence-corrected chi connectivity index (χ2v) is 6.36. The van der Waals surface area contributed by atoms with Crippen LogP contribution in [0.25, 0.3) is 0 Å². The fourth-order valence-corrected chi connectivity index (χ4v) is 3.25. The Morgan fingerprint density at radius 2 is 2.05 bits per heavy atom. The topological polar surface area (TPSA) is 72.2 Å². The van der Waals surface area contributed by atoms with Crippen LogP contribution < -0.4 is 4.72 Å². The molecule has 0 aliphatic carbocycles. The molecule has 0 unspecified atom stereocenters. The number of halogens is 2. The number of aromatic nitrogens is 1. The third kappa shape index (κ3) is 2.79. The molecule has 1 heterocycles. The van der Waals surface area contributed by atoms with Crippen molar-refractivity contribution in [1.82, 2.24) is 5.16 Å². The zero-order valence-corrected chi connectivity index (χ0v) is 12.5. The molecule has 0 saturated carbocycles. The van der Waals surface area contributed by atoms with Gasteiger partial charge in [0.2, 0.25) is 0 Å². The van der Waals surface area contributed by atoms with E-state index in [9.17, 15) is 12.8 Å². The molecule has 0 amide bonds. The highest BCUT2D eigenvalue weighted by Gasteiger charge is 2.24. The average Bonchev–Trinajstić information content (AvgIpc) is 2.64. The van der Waals surface area contributed by atoms with E-state index in [1.54, 1.807) is 0 Å². The summed E-state index contributed by atoms with van der Waals surface area (Å²) < 4.78 is 45.0. The number of aryl methyl sites for hydroxylation is 2. The summed E-state index contributed by atoms with van der Waals surface area (Å²) in [5.74, 6) is -0.374. The molecule has 0 saturated heterocycles. The first-order valence-corrected chi connectivity index (χ1v) is 7.49. The SMILES string of the molecule is Cc1noc(C)c1S(=O)(=O)Nc1ccc(Br)c(F)c1. The van der Waals surface area contributed by atoms with E-state index >= 15 is 0 Å². The van der Waals surface area contributed by atoms with Gasteiger partial charge in [-0.3, -0.25) is 4.72 Å². The summed E-state index contributed by atoms with van der Waals surface area (Å²) in [6, 6.07) is 3.95. The van der Waals surface area contributed by atoms with E-state index in [0.29, 0.717) is 0 Å². The van der Waals surface area contributed by atoms with Crippen LogP contribution in [0.15, 0.2) is 32.1 Å². The van der Waals surface area contributed by atoms with E-state index in [0.717, 1.165) is 6.07 Å². The van der Waals surface area contributed by atoms with Gasteiger partial charge in [-0.05, 0) is 48.0 Å². The molecule has 5 nitrogen and oxygen atoms in total. The second-order valence-electron chi connectivity index (χ2n) is 3.89. The second kappa shape index (κ2) is 4.93. The molecule has 0 atom stereocenters. The monoisotopic (exact) mass is 348 g/mol. The van der Waals surface area contributed by atoms with Crippen LogP contribution in [0.1, 0.15) is 11.5 Å². The molecule has 0 spiro atoms. The predicted molar refractivity (Wildman–Crippen MR) is 70.9 cm³/mol. The lowest BCUT2D eigenvalue weighted by Crippen LogP contribution is -2.14. The molecule has 2 aromatic rings. The van der Waals surface area contributed by atoms with Crippen molar-refractivity contribution in [3.05, 3.63) is 39.9 Å². The predicted octanol–water partition coefficient (Wildman–Crippen LogP) is 2.99. The maximum atomic E-state index is 13.3. The lowest BCUT2D eigenvalue weighted by molar-refractivity contribution is 0.390. The third-order valence-electron chi connectivity index (χ3n) is 2.41. The zero-order chi connectivity index (χ0) is 14.2. The van der Waals surface area contributed by atoms with Crippen LogP contribution in [0.4, 0.5) is 10.1 Å². The van der Waals surface area contributed by atoms with E-state index < -0.39 is 15.8 Å². The minimum atomic E-state index is -3.85. The molecule has 19 heavy (non-hydrogen) atoms. The van der Waals surface area contributed by atoms with Crippen LogP contribution in [0.5, 0.6) is 0 Å². The van der Waals surface area contributed by atoms with Crippen LogP contribution in [-0.2, 0) is 10.0 Å². The van der Waals surface area contributed by atoms with Crippen molar-refractivity contribution in [3.8, 4) is 0 Å². The number of rotatable bonds is 3. The standard InChI is InChI=1S/C11H10BrFN2O3S/c1-6-11(7(2)18-14-6)19(16,17)15-8-3-4-9(12)10(13)5-8/h3-5,15H,1-2H3. The first-order valence-electron chi connectivity index (χ1n) is 5.22. The Kier molecular flexibility index (Phi) is 3.64. The Hall–Kier alpha value is -1.41. The summed E-state index contributed by atoms with van der Waals surface area (Å²) in [4.78, 5) is -0.0316. The lowest BCUT2D eigenvalue weighted by atomic mass is 10.3. The highest BCUT2D eigenvalue weighted by molar-refractivity contribution is 9.10. The van der Waals surface area contributed by atoms with Gasteiger partial charge >= 0.3 is 0 Å². The Morgan fingerprint density at radius 3 is 2.58 bits per heavy atom. The van der Waals surface area contributed by atoms with E-state index in [1.807, 2.05) is 0 Å². The molecule has 0 fully saturated rings. The fourth-order valence-electron chi connectivity index (χ4n) is 1.62. The van der Waals surface area contributed by atoms with Gasteiger partial charge in [-0.1, -0.05) is 5.16 Å². The van der Waals surface area contributed by atoms with Crippen molar-refractivity contribution in [2.45, 2.75) is 18.7 Å². The maximum Gasteiger partial charge on any atom is 0.267 e. The molecule has 0 bridgehead atoms. The molecule has 2 rings (SSSR count). The smallest absolute Gasteiger partial charge is 0.267 e. The maximum absolute atomic E-state index is 13.3. The van der Waals surface area contributed by atoms with Crippen molar-refractivity contribution in [1.29, 1.82) is 0 Å². The molecule has 1 aromatic heterocycles. The van der Waals surface area contributed by atoms with Crippen molar-refractivity contribution in [2.24, 2.45) is 0 Å². The molecule has 1 aromatic carbocycles. The van der Waals surface area contributed by atoms with Gasteiger partial charge in [0.05, 0.1) is 10.2 Å². The molecular formula is C11H10BrFN2O3S. The van der Waals surface area contributed by atoms with Gasteiger partial charge in [0.15, 0.2) is 10.7 Å². The van der Waals surface area contributed by atoms with Crippen molar-refractivity contribution >= 4 is 31.6 Å². The van der Waals surface area contributed by atoms with Crippen molar-refractivity contribution < 1.29 is 17.3 Å². The van der Waals surface area contributed by atoms with Crippen molar-refractivity contribution in [2.75, 3.05) is 4.72 Å². The molecule has 102 valence electrons. The first kappa shape index (κ1) is 14.0. The van der Waals surface area contributed by atoms with Crippen LogP contribution in [0.2, 0.25) is 0 Å². The van der Waals surface area contributed by atoms with Gasteiger partial charge in [0.25, 0.3) is 10.0 Å². The number of nitrogens with one attached hydrogen (secondary N) is 1. The van der Waals surface area contributed by atoms with Gasteiger partial charge in [-0.25, -0.2) is 12.8 Å². The number of hydrogen-bond acceptors (Lipinski definition) is 4. The van der Waals surface area contributed by atoms with E-state index in [2.05, 4.69) is 25.8 Å². The summed E-state index contributed by atoms with van der Waals surface area (Å²) in [6.45, 7) is 3.02. The number of benzene rings is 1. The summed E-state index contributed by atoms with van der Waals surface area (Å²) in [7, 11) is -3.85. The van der Waals surface area contributed by atoms with Crippen molar-refractivity contribution in [3.63, 3.8) is 0 Å². The Labute approximate surface area is 118 Å². The van der Waals surface area contributed by atoms with Gasteiger partial charge in [0, 0.05) is 0 Å². The Bertz CT molecular complexity index is 708. The molecule has 0 radical (unpaired) electrons. The summed E-state index contributed by atoms with van der Waals surface area (Å²) in [5.41, 5.74) is 0.378. The summed E-state index contributed by atoms with van der Waals surface area (Å²) in [6.07, 6.45) is 0. The van der Waals surface area contributed by atoms with Gasteiger partial charge in [-0.15, -0.1) is 0 Å². The van der Waals surface area contributed by atoms with Crippen LogP contribution in [0.3, 0.4) is 0 Å². The molecule has 0 aliphatic heterocycles. The average molecular weight is 349 g/mol. The number of hydrogen-bond donors (Lipinski definition) is 1. The summed E-state index contributed by atoms with van der Waals surface area (Å²) >= 11 is 2.99. The first-order chi connectivity index (χ1) is 8.81. The minimum Gasteiger partial charge on any atom is -0.360 e. The molecule has 8 heteroatoms. The lowest BCUT2D eigenvalue weighted by Gasteiger charge is -2.07. The van der Waals surface area contributed by atoms with Gasteiger partial charge in [-0.2, -0.15) is 0 Å². The zero-order valence-electron chi connectivity index (χ0n) is 10.1. The largest absolute Gasteiger partial charge is 0.360 e. The number of sulfonamides is 1. The van der Waals surface area contributed by atoms with E-state index in [1.165, 1.54) is 26.0 Å².